The Balaban J connectivity index is 2.74. The summed E-state index contributed by atoms with van der Waals surface area (Å²) in [7, 11) is 1.30. The highest BCUT2D eigenvalue weighted by molar-refractivity contribution is 7.16. The van der Waals surface area contributed by atoms with Gasteiger partial charge in [0, 0.05) is 19.0 Å². The number of ketones is 1. The topological polar surface area (TPSA) is 72.5 Å². The Morgan fingerprint density at radius 2 is 2.05 bits per heavy atom. The number of rotatable bonds is 6. The lowest BCUT2D eigenvalue weighted by Gasteiger charge is -2.01. The van der Waals surface area contributed by atoms with Gasteiger partial charge < -0.3 is 10.1 Å². The lowest BCUT2D eigenvalue weighted by molar-refractivity contribution is -0.118. The van der Waals surface area contributed by atoms with Crippen LogP contribution in [0.2, 0.25) is 0 Å². The zero-order chi connectivity index (χ0) is 16.0. The van der Waals surface area contributed by atoms with Crippen molar-refractivity contribution in [3.63, 3.8) is 0 Å². The van der Waals surface area contributed by atoms with Gasteiger partial charge in [0.25, 0.3) is 5.91 Å². The standard InChI is InChI=1S/C15H19NO4S/c1-5-11(17)6-9(2)8-16-14(18)12-7-10(3)13(21-12)15(19)20-4/h7-8H,5-6H2,1-4H3,(H,16,18)/b9-8-. The van der Waals surface area contributed by atoms with E-state index in [9.17, 15) is 14.4 Å². The van der Waals surface area contributed by atoms with E-state index in [-0.39, 0.29) is 11.7 Å². The normalized spacial score (nSPS) is 11.1. The molecule has 0 aromatic carbocycles. The minimum Gasteiger partial charge on any atom is -0.465 e. The van der Waals surface area contributed by atoms with Crippen LogP contribution in [0.25, 0.3) is 0 Å². The quantitative estimate of drug-likeness (QED) is 0.820. The van der Waals surface area contributed by atoms with Crippen LogP contribution in [0.5, 0.6) is 0 Å². The van der Waals surface area contributed by atoms with Crippen LogP contribution in [0.4, 0.5) is 0 Å². The number of methoxy groups -OCH3 is 1. The first kappa shape index (κ1) is 17.1. The summed E-state index contributed by atoms with van der Waals surface area (Å²) in [5.41, 5.74) is 1.50. The highest BCUT2D eigenvalue weighted by Gasteiger charge is 2.17. The number of allylic oxidation sites excluding steroid dienone is 1. The van der Waals surface area contributed by atoms with Crippen molar-refractivity contribution in [3.05, 3.63) is 33.2 Å². The molecule has 0 fully saturated rings. The lowest BCUT2D eigenvalue weighted by Crippen LogP contribution is -2.16. The third kappa shape index (κ3) is 4.82. The van der Waals surface area contributed by atoms with Crippen LogP contribution in [-0.2, 0) is 9.53 Å². The summed E-state index contributed by atoms with van der Waals surface area (Å²) in [6.45, 7) is 5.34. The maximum atomic E-state index is 12.0. The van der Waals surface area contributed by atoms with Gasteiger partial charge in [-0.25, -0.2) is 4.79 Å². The Kier molecular flexibility index (Phi) is 6.30. The second-order valence-corrected chi connectivity index (χ2v) is 5.70. The maximum absolute atomic E-state index is 12.0. The number of Topliss-reactive ketones (excluding diaryl/α,β-unsaturated/α-hetero) is 1. The summed E-state index contributed by atoms with van der Waals surface area (Å²) in [6.07, 6.45) is 2.34. The van der Waals surface area contributed by atoms with E-state index in [2.05, 4.69) is 10.1 Å². The van der Waals surface area contributed by atoms with Gasteiger partial charge in [-0.15, -0.1) is 11.3 Å². The van der Waals surface area contributed by atoms with Gasteiger partial charge in [0.2, 0.25) is 0 Å². The molecule has 114 valence electrons. The molecule has 0 unspecified atom stereocenters. The van der Waals surface area contributed by atoms with Gasteiger partial charge in [0.15, 0.2) is 0 Å². The number of amides is 1. The summed E-state index contributed by atoms with van der Waals surface area (Å²) in [5.74, 6) is -0.628. The van der Waals surface area contributed by atoms with E-state index >= 15 is 0 Å². The number of nitrogens with one attached hydrogen (secondary N) is 1. The molecule has 1 aromatic rings. The fourth-order valence-corrected chi connectivity index (χ4v) is 2.63. The highest BCUT2D eigenvalue weighted by Crippen LogP contribution is 2.22. The van der Waals surface area contributed by atoms with E-state index in [0.29, 0.717) is 28.2 Å². The monoisotopic (exact) mass is 309 g/mol. The molecule has 1 amide bonds. The van der Waals surface area contributed by atoms with E-state index in [0.717, 1.165) is 16.9 Å². The Hall–Kier alpha value is -1.95. The van der Waals surface area contributed by atoms with Crippen LogP contribution in [0.3, 0.4) is 0 Å². The Bertz CT molecular complexity index is 586. The summed E-state index contributed by atoms with van der Waals surface area (Å²) in [6, 6.07) is 1.65. The molecule has 1 aromatic heterocycles. The van der Waals surface area contributed by atoms with Crippen molar-refractivity contribution in [2.75, 3.05) is 7.11 Å². The molecule has 0 aliphatic heterocycles. The zero-order valence-corrected chi connectivity index (χ0v) is 13.4. The molecule has 0 bridgehead atoms. The van der Waals surface area contributed by atoms with Crippen molar-refractivity contribution in [2.24, 2.45) is 0 Å². The van der Waals surface area contributed by atoms with Gasteiger partial charge in [-0.05, 0) is 31.1 Å². The maximum Gasteiger partial charge on any atom is 0.348 e. The number of hydrogen-bond acceptors (Lipinski definition) is 5. The fraction of sp³-hybridized carbons (Fsp3) is 0.400. The van der Waals surface area contributed by atoms with Crippen LogP contribution in [0, 0.1) is 6.92 Å². The second-order valence-electron chi connectivity index (χ2n) is 4.65. The average Bonchev–Trinajstić information content (AvgIpc) is 2.85. The van der Waals surface area contributed by atoms with E-state index < -0.39 is 5.97 Å². The number of hydrogen-bond donors (Lipinski definition) is 1. The van der Waals surface area contributed by atoms with Crippen molar-refractivity contribution in [2.45, 2.75) is 33.6 Å². The molecule has 1 rings (SSSR count). The number of carbonyl (C=O) groups excluding carboxylic acids is 3. The largest absolute Gasteiger partial charge is 0.465 e. The average molecular weight is 309 g/mol. The molecular weight excluding hydrogens is 290 g/mol. The molecule has 21 heavy (non-hydrogen) atoms. The van der Waals surface area contributed by atoms with Crippen molar-refractivity contribution < 1.29 is 19.1 Å². The van der Waals surface area contributed by atoms with Crippen molar-refractivity contribution in [1.82, 2.24) is 5.32 Å². The van der Waals surface area contributed by atoms with Gasteiger partial charge >= 0.3 is 5.97 Å². The number of carbonyl (C=O) groups is 3. The highest BCUT2D eigenvalue weighted by atomic mass is 32.1. The fourth-order valence-electron chi connectivity index (χ4n) is 1.64. The van der Waals surface area contributed by atoms with Crippen molar-refractivity contribution in [1.29, 1.82) is 0 Å². The molecular formula is C15H19NO4S. The van der Waals surface area contributed by atoms with E-state index in [1.807, 2.05) is 0 Å². The number of thiophene rings is 1. The first-order valence-electron chi connectivity index (χ1n) is 6.56. The Morgan fingerprint density at radius 1 is 1.38 bits per heavy atom. The molecule has 5 nitrogen and oxygen atoms in total. The molecule has 0 aliphatic carbocycles. The van der Waals surface area contributed by atoms with Crippen molar-refractivity contribution in [3.8, 4) is 0 Å². The van der Waals surface area contributed by atoms with Crippen LogP contribution in [0.1, 0.15) is 51.6 Å². The van der Waals surface area contributed by atoms with Crippen LogP contribution in [0.15, 0.2) is 17.8 Å². The third-order valence-corrected chi connectivity index (χ3v) is 4.05. The van der Waals surface area contributed by atoms with Gasteiger partial charge in [0.1, 0.15) is 10.7 Å². The van der Waals surface area contributed by atoms with Crippen LogP contribution in [-0.4, -0.2) is 24.8 Å². The van der Waals surface area contributed by atoms with Gasteiger partial charge in [0.05, 0.1) is 12.0 Å². The number of aryl methyl sites for hydroxylation is 1. The van der Waals surface area contributed by atoms with E-state index in [1.54, 1.807) is 26.8 Å². The molecule has 0 aliphatic rings. The van der Waals surface area contributed by atoms with Gasteiger partial charge in [-0.3, -0.25) is 9.59 Å². The second kappa shape index (κ2) is 7.73. The summed E-state index contributed by atoms with van der Waals surface area (Å²) in [4.78, 5) is 35.6. The lowest BCUT2D eigenvalue weighted by atomic mass is 10.1. The van der Waals surface area contributed by atoms with Crippen LogP contribution < -0.4 is 5.32 Å². The molecule has 6 heteroatoms. The Labute approximate surface area is 128 Å². The molecule has 0 saturated heterocycles. The molecule has 1 N–H and O–H groups in total. The zero-order valence-electron chi connectivity index (χ0n) is 12.6. The first-order valence-corrected chi connectivity index (χ1v) is 7.37. The summed E-state index contributed by atoms with van der Waals surface area (Å²) in [5, 5.41) is 2.63. The number of ether oxygens (including phenoxy) is 1. The van der Waals surface area contributed by atoms with Crippen molar-refractivity contribution >= 4 is 29.0 Å². The summed E-state index contributed by atoms with van der Waals surface area (Å²) >= 11 is 1.09. The minimum atomic E-state index is -0.447. The molecule has 1 heterocycles. The predicted octanol–water partition coefficient (Wildman–Crippen LogP) is 2.85. The van der Waals surface area contributed by atoms with E-state index in [1.165, 1.54) is 13.3 Å². The van der Waals surface area contributed by atoms with Crippen LogP contribution >= 0.6 is 11.3 Å². The number of esters is 1. The Morgan fingerprint density at radius 3 is 2.62 bits per heavy atom. The summed E-state index contributed by atoms with van der Waals surface area (Å²) < 4.78 is 4.65. The van der Waals surface area contributed by atoms with Gasteiger partial charge in [-0.2, -0.15) is 0 Å². The smallest absolute Gasteiger partial charge is 0.348 e. The molecule has 0 atom stereocenters. The molecule has 0 saturated carbocycles. The SMILES string of the molecule is CCC(=O)C/C(C)=C\NC(=O)c1cc(C)c(C(=O)OC)s1. The third-order valence-electron chi connectivity index (χ3n) is 2.83. The predicted molar refractivity (Wildman–Crippen MR) is 81.5 cm³/mol. The van der Waals surface area contributed by atoms with E-state index in [4.69, 9.17) is 0 Å². The minimum absolute atomic E-state index is 0.123. The first-order chi connectivity index (χ1) is 9.88. The molecule has 0 radical (unpaired) electrons. The van der Waals surface area contributed by atoms with Gasteiger partial charge in [-0.1, -0.05) is 6.92 Å². The molecule has 0 spiro atoms.